The number of aryl methyl sites for hydroxylation is 3. The van der Waals surface area contributed by atoms with Crippen molar-refractivity contribution in [3.05, 3.63) is 57.5 Å². The maximum atomic E-state index is 12.7. The van der Waals surface area contributed by atoms with Crippen LogP contribution in [0.2, 0.25) is 0 Å². The number of pyridine rings is 1. The summed E-state index contributed by atoms with van der Waals surface area (Å²) in [4.78, 5) is 38.5. The number of hydrogen-bond donors (Lipinski definition) is 1. The Labute approximate surface area is 195 Å². The summed E-state index contributed by atoms with van der Waals surface area (Å²) in [6.45, 7) is 9.20. The van der Waals surface area contributed by atoms with Gasteiger partial charge in [-0.3, -0.25) is 14.4 Å². The van der Waals surface area contributed by atoms with Crippen molar-refractivity contribution in [3.8, 4) is 0 Å². The summed E-state index contributed by atoms with van der Waals surface area (Å²) < 4.78 is 27.8. The third-order valence-corrected chi connectivity index (χ3v) is 7.39. The fourth-order valence-corrected chi connectivity index (χ4v) is 5.10. The third-order valence-electron chi connectivity index (χ3n) is 5.35. The van der Waals surface area contributed by atoms with Gasteiger partial charge in [-0.1, -0.05) is 31.5 Å². The molecule has 9 nitrogen and oxygen atoms in total. The number of benzene rings is 1. The number of aromatic nitrogens is 1. The molecule has 33 heavy (non-hydrogen) atoms. The van der Waals surface area contributed by atoms with E-state index in [0.717, 1.165) is 27.3 Å². The molecule has 1 aromatic carbocycles. The summed E-state index contributed by atoms with van der Waals surface area (Å²) in [6, 6.07) is 6.28. The van der Waals surface area contributed by atoms with Crippen LogP contribution in [0.25, 0.3) is 0 Å². The first-order valence-electron chi connectivity index (χ1n) is 10.7. The minimum Gasteiger partial charge on any atom is -0.335 e. The van der Waals surface area contributed by atoms with Crippen molar-refractivity contribution in [3.63, 3.8) is 0 Å². The van der Waals surface area contributed by atoms with Crippen LogP contribution in [0.1, 0.15) is 30.5 Å². The van der Waals surface area contributed by atoms with Crippen molar-refractivity contribution in [1.29, 1.82) is 0 Å². The SMILES string of the molecule is CCN(CC)S(=O)(=O)c1ccc(=O)n(CC(=O)N(C)CC(=O)Nc2c(C)cc(C)cc2C)c1. The van der Waals surface area contributed by atoms with Crippen LogP contribution in [-0.2, 0) is 26.2 Å². The summed E-state index contributed by atoms with van der Waals surface area (Å²) in [5.74, 6) is -0.868. The van der Waals surface area contributed by atoms with Crippen LogP contribution in [0.4, 0.5) is 5.69 Å². The molecular formula is C23H32N4O5S. The van der Waals surface area contributed by atoms with Crippen molar-refractivity contribution >= 4 is 27.5 Å². The second-order valence-corrected chi connectivity index (χ2v) is 9.93. The van der Waals surface area contributed by atoms with Gasteiger partial charge in [0.05, 0.1) is 11.4 Å². The normalized spacial score (nSPS) is 11.5. The predicted molar refractivity (Wildman–Crippen MR) is 128 cm³/mol. The van der Waals surface area contributed by atoms with Crippen molar-refractivity contribution < 1.29 is 18.0 Å². The van der Waals surface area contributed by atoms with E-state index in [1.807, 2.05) is 32.9 Å². The highest BCUT2D eigenvalue weighted by Gasteiger charge is 2.23. The second kappa shape index (κ2) is 10.8. The number of hydrogen-bond acceptors (Lipinski definition) is 5. The smallest absolute Gasteiger partial charge is 0.251 e. The summed E-state index contributed by atoms with van der Waals surface area (Å²) in [6.07, 6.45) is 1.17. The lowest BCUT2D eigenvalue weighted by Gasteiger charge is -2.20. The number of nitrogens with one attached hydrogen (secondary N) is 1. The Bertz CT molecular complexity index is 1180. The standard InChI is InChI=1S/C23H32N4O5S/c1-7-27(8-2)33(31,32)19-9-10-21(29)26(13-19)15-22(30)25(6)14-20(28)24-23-17(4)11-16(3)12-18(23)5/h9-13H,7-8,14-15H2,1-6H3,(H,24,28). The van der Waals surface area contributed by atoms with Crippen LogP contribution < -0.4 is 10.9 Å². The average molecular weight is 477 g/mol. The van der Waals surface area contributed by atoms with E-state index in [1.54, 1.807) is 13.8 Å². The second-order valence-electron chi connectivity index (χ2n) is 7.99. The van der Waals surface area contributed by atoms with Gasteiger partial charge in [-0.15, -0.1) is 0 Å². The molecule has 0 radical (unpaired) electrons. The minimum absolute atomic E-state index is 0.0654. The summed E-state index contributed by atoms with van der Waals surface area (Å²) in [5, 5.41) is 2.83. The van der Waals surface area contributed by atoms with Gasteiger partial charge < -0.3 is 14.8 Å². The van der Waals surface area contributed by atoms with Crippen LogP contribution in [0.3, 0.4) is 0 Å². The van der Waals surface area contributed by atoms with E-state index in [2.05, 4.69) is 5.32 Å². The molecule has 0 aliphatic heterocycles. The molecule has 0 aliphatic rings. The molecule has 2 rings (SSSR count). The van der Waals surface area contributed by atoms with Gasteiger partial charge >= 0.3 is 0 Å². The van der Waals surface area contributed by atoms with E-state index in [1.165, 1.54) is 28.5 Å². The highest BCUT2D eigenvalue weighted by molar-refractivity contribution is 7.89. The number of nitrogens with zero attached hydrogens (tertiary/aromatic N) is 3. The number of anilines is 1. The lowest BCUT2D eigenvalue weighted by molar-refractivity contribution is -0.133. The van der Waals surface area contributed by atoms with Gasteiger partial charge in [-0.05, 0) is 38.0 Å². The predicted octanol–water partition coefficient (Wildman–Crippen LogP) is 1.90. The van der Waals surface area contributed by atoms with Crippen LogP contribution in [-0.4, -0.2) is 60.7 Å². The number of likely N-dealkylation sites (N-methyl/N-ethyl adjacent to an activating group) is 1. The first-order valence-corrected chi connectivity index (χ1v) is 12.2. The molecular weight excluding hydrogens is 444 g/mol. The van der Waals surface area contributed by atoms with Crippen LogP contribution in [0.5, 0.6) is 0 Å². The molecule has 1 heterocycles. The first kappa shape index (κ1) is 26.3. The zero-order valence-electron chi connectivity index (χ0n) is 20.0. The van der Waals surface area contributed by atoms with Gasteiger partial charge in [0.15, 0.2) is 0 Å². The Balaban J connectivity index is 2.13. The molecule has 0 aliphatic carbocycles. The Morgan fingerprint density at radius 1 is 1.03 bits per heavy atom. The van der Waals surface area contributed by atoms with Crippen LogP contribution in [0.15, 0.2) is 40.2 Å². The van der Waals surface area contributed by atoms with Crippen molar-refractivity contribution in [2.45, 2.75) is 46.1 Å². The molecule has 0 fully saturated rings. The molecule has 0 spiro atoms. The molecule has 180 valence electrons. The molecule has 0 saturated heterocycles. The lowest BCUT2D eigenvalue weighted by Crippen LogP contribution is -2.39. The number of carbonyl (C=O) groups excluding carboxylic acids is 2. The van der Waals surface area contributed by atoms with E-state index in [4.69, 9.17) is 0 Å². The van der Waals surface area contributed by atoms with Crippen molar-refractivity contribution in [2.24, 2.45) is 0 Å². The van der Waals surface area contributed by atoms with Gasteiger partial charge in [-0.25, -0.2) is 8.42 Å². The largest absolute Gasteiger partial charge is 0.335 e. The quantitative estimate of drug-likeness (QED) is 0.595. The molecule has 1 aromatic heterocycles. The molecule has 2 amide bonds. The Morgan fingerprint density at radius 3 is 2.15 bits per heavy atom. The van der Waals surface area contributed by atoms with Gasteiger partial charge in [0, 0.05) is 38.1 Å². The molecule has 0 atom stereocenters. The van der Waals surface area contributed by atoms with Crippen LogP contribution in [0, 0.1) is 20.8 Å². The maximum absolute atomic E-state index is 12.7. The van der Waals surface area contributed by atoms with Gasteiger partial charge in [-0.2, -0.15) is 4.31 Å². The average Bonchev–Trinajstić information content (AvgIpc) is 2.72. The van der Waals surface area contributed by atoms with E-state index in [0.29, 0.717) is 5.69 Å². The number of rotatable bonds is 9. The summed E-state index contributed by atoms with van der Waals surface area (Å²) in [7, 11) is -2.32. The third kappa shape index (κ3) is 6.29. The molecule has 1 N–H and O–H groups in total. The van der Waals surface area contributed by atoms with Gasteiger partial charge in [0.2, 0.25) is 21.8 Å². The maximum Gasteiger partial charge on any atom is 0.251 e. The fourth-order valence-electron chi connectivity index (χ4n) is 3.62. The van der Waals surface area contributed by atoms with Crippen molar-refractivity contribution in [1.82, 2.24) is 13.8 Å². The number of amides is 2. The zero-order chi connectivity index (χ0) is 24.9. The fraction of sp³-hybridized carbons (Fsp3) is 0.435. The van der Waals surface area contributed by atoms with Crippen molar-refractivity contribution in [2.75, 3.05) is 32.0 Å². The molecule has 10 heteroatoms. The summed E-state index contributed by atoms with van der Waals surface area (Å²) >= 11 is 0. The highest BCUT2D eigenvalue weighted by atomic mass is 32.2. The lowest BCUT2D eigenvalue weighted by atomic mass is 10.1. The molecule has 2 aromatic rings. The van der Waals surface area contributed by atoms with E-state index in [-0.39, 0.29) is 37.0 Å². The molecule has 0 bridgehead atoms. The topological polar surface area (TPSA) is 109 Å². The number of carbonyl (C=O) groups is 2. The summed E-state index contributed by atoms with van der Waals surface area (Å²) in [5.41, 5.74) is 3.13. The van der Waals surface area contributed by atoms with Crippen LogP contribution >= 0.6 is 0 Å². The minimum atomic E-state index is -3.78. The zero-order valence-corrected chi connectivity index (χ0v) is 20.8. The van der Waals surface area contributed by atoms with E-state index >= 15 is 0 Å². The van der Waals surface area contributed by atoms with E-state index in [9.17, 15) is 22.8 Å². The first-order chi connectivity index (χ1) is 15.4. The Hall–Kier alpha value is -2.98. The van der Waals surface area contributed by atoms with E-state index < -0.39 is 21.5 Å². The van der Waals surface area contributed by atoms with Gasteiger partial charge in [0.1, 0.15) is 6.54 Å². The highest BCUT2D eigenvalue weighted by Crippen LogP contribution is 2.21. The molecule has 0 unspecified atom stereocenters. The molecule has 0 saturated carbocycles. The Morgan fingerprint density at radius 2 is 1.61 bits per heavy atom. The monoisotopic (exact) mass is 476 g/mol. The Kier molecular flexibility index (Phi) is 8.57. The van der Waals surface area contributed by atoms with Gasteiger partial charge in [0.25, 0.3) is 5.56 Å². The number of sulfonamides is 1.